The van der Waals surface area contributed by atoms with E-state index in [4.69, 9.17) is 5.73 Å². The van der Waals surface area contributed by atoms with Gasteiger partial charge in [-0.1, -0.05) is 13.0 Å². The fourth-order valence-corrected chi connectivity index (χ4v) is 1.64. The van der Waals surface area contributed by atoms with E-state index in [9.17, 15) is 0 Å². The van der Waals surface area contributed by atoms with Crippen LogP contribution in [0.15, 0.2) is 24.4 Å². The second kappa shape index (κ2) is 4.91. The first kappa shape index (κ1) is 11.5. The molecule has 0 fully saturated rings. The number of hydrogen-bond acceptors (Lipinski definition) is 4. The molecule has 4 heteroatoms. The molecule has 88 valence electrons. The molecule has 0 bridgehead atoms. The van der Waals surface area contributed by atoms with Gasteiger partial charge in [0, 0.05) is 30.3 Å². The second-order valence-electron chi connectivity index (χ2n) is 3.95. The van der Waals surface area contributed by atoms with Crippen molar-refractivity contribution >= 4 is 5.82 Å². The minimum atomic E-state index is 0.572. The topological polar surface area (TPSA) is 64.7 Å². The van der Waals surface area contributed by atoms with Crippen molar-refractivity contribution in [3.05, 3.63) is 47.2 Å². The Morgan fingerprint density at radius 3 is 2.71 bits per heavy atom. The zero-order chi connectivity index (χ0) is 12.3. The molecule has 0 unspecified atom stereocenters. The lowest BCUT2D eigenvalue weighted by Crippen LogP contribution is -2.07. The zero-order valence-electron chi connectivity index (χ0n) is 10.1. The Morgan fingerprint density at radius 1 is 1.24 bits per heavy atom. The van der Waals surface area contributed by atoms with Gasteiger partial charge < -0.3 is 5.73 Å². The molecule has 2 rings (SSSR count). The van der Waals surface area contributed by atoms with E-state index in [2.05, 4.69) is 15.0 Å². The van der Waals surface area contributed by atoms with Gasteiger partial charge in [-0.3, -0.25) is 4.98 Å². The van der Waals surface area contributed by atoms with Crippen LogP contribution in [0.4, 0.5) is 5.82 Å². The Labute approximate surface area is 101 Å². The molecule has 2 N–H and O–H groups in total. The van der Waals surface area contributed by atoms with Crippen LogP contribution in [-0.2, 0) is 12.8 Å². The van der Waals surface area contributed by atoms with Crippen LogP contribution >= 0.6 is 0 Å². The lowest BCUT2D eigenvalue weighted by Gasteiger charge is -2.08. The summed E-state index contributed by atoms with van der Waals surface area (Å²) < 4.78 is 0. The van der Waals surface area contributed by atoms with Crippen molar-refractivity contribution in [2.45, 2.75) is 26.7 Å². The summed E-state index contributed by atoms with van der Waals surface area (Å²) in [5.41, 5.74) is 8.79. The Kier molecular flexibility index (Phi) is 3.32. The smallest absolute Gasteiger partial charge is 0.130 e. The van der Waals surface area contributed by atoms with E-state index in [-0.39, 0.29) is 0 Å². The van der Waals surface area contributed by atoms with E-state index in [1.54, 1.807) is 6.20 Å². The van der Waals surface area contributed by atoms with Crippen LogP contribution in [0, 0.1) is 6.92 Å². The molecule has 2 heterocycles. The summed E-state index contributed by atoms with van der Waals surface area (Å²) >= 11 is 0. The highest BCUT2D eigenvalue weighted by molar-refractivity contribution is 5.42. The summed E-state index contributed by atoms with van der Waals surface area (Å²) in [6.45, 7) is 3.97. The Bertz CT molecular complexity index is 508. The van der Waals surface area contributed by atoms with Crippen molar-refractivity contribution < 1.29 is 0 Å². The normalized spacial score (nSPS) is 10.5. The third-order valence-corrected chi connectivity index (χ3v) is 2.72. The number of rotatable bonds is 3. The van der Waals surface area contributed by atoms with Crippen LogP contribution in [0.1, 0.15) is 29.7 Å². The molecule has 2 aromatic rings. The van der Waals surface area contributed by atoms with E-state index in [0.717, 1.165) is 29.2 Å². The quantitative estimate of drug-likeness (QED) is 0.871. The van der Waals surface area contributed by atoms with Crippen LogP contribution < -0.4 is 5.73 Å². The van der Waals surface area contributed by atoms with Crippen LogP contribution in [0.2, 0.25) is 0 Å². The van der Waals surface area contributed by atoms with Gasteiger partial charge in [-0.2, -0.15) is 0 Å². The first-order valence-electron chi connectivity index (χ1n) is 5.72. The molecular weight excluding hydrogens is 212 g/mol. The number of nitrogen functional groups attached to an aromatic ring is 1. The maximum Gasteiger partial charge on any atom is 0.130 e. The number of nitrogens with two attached hydrogens (primary N) is 1. The maximum atomic E-state index is 5.88. The molecule has 0 amide bonds. The first-order valence-corrected chi connectivity index (χ1v) is 5.72. The van der Waals surface area contributed by atoms with E-state index in [1.165, 1.54) is 0 Å². The molecule has 0 aromatic carbocycles. The molecule has 2 aromatic heterocycles. The van der Waals surface area contributed by atoms with E-state index in [0.29, 0.717) is 12.2 Å². The van der Waals surface area contributed by atoms with Gasteiger partial charge in [0.2, 0.25) is 0 Å². The van der Waals surface area contributed by atoms with Crippen molar-refractivity contribution in [2.24, 2.45) is 0 Å². The van der Waals surface area contributed by atoms with Gasteiger partial charge >= 0.3 is 0 Å². The highest BCUT2D eigenvalue weighted by Gasteiger charge is 2.08. The monoisotopic (exact) mass is 228 g/mol. The molecule has 0 radical (unpaired) electrons. The van der Waals surface area contributed by atoms with Crippen molar-refractivity contribution in [1.82, 2.24) is 15.0 Å². The molecule has 0 aliphatic carbocycles. The average molecular weight is 228 g/mol. The summed E-state index contributed by atoms with van der Waals surface area (Å²) in [5.74, 6) is 1.36. The first-order chi connectivity index (χ1) is 8.20. The van der Waals surface area contributed by atoms with Crippen LogP contribution in [0.5, 0.6) is 0 Å². The number of aromatic nitrogens is 3. The Hall–Kier alpha value is -1.97. The second-order valence-corrected chi connectivity index (χ2v) is 3.95. The SMILES string of the molecule is CCc1nc(N)c(C)c(Cc2ccccn2)n1. The number of pyridine rings is 1. The molecule has 0 aliphatic heterocycles. The Morgan fingerprint density at radius 2 is 2.06 bits per heavy atom. The van der Waals surface area contributed by atoms with Gasteiger partial charge in [0.05, 0.1) is 5.69 Å². The van der Waals surface area contributed by atoms with Crippen molar-refractivity contribution in [3.8, 4) is 0 Å². The number of hydrogen-bond donors (Lipinski definition) is 1. The zero-order valence-corrected chi connectivity index (χ0v) is 10.1. The van der Waals surface area contributed by atoms with Crippen LogP contribution in [0.25, 0.3) is 0 Å². The fourth-order valence-electron chi connectivity index (χ4n) is 1.64. The summed E-state index contributed by atoms with van der Waals surface area (Å²) in [6, 6.07) is 5.87. The lowest BCUT2D eigenvalue weighted by atomic mass is 10.1. The van der Waals surface area contributed by atoms with Gasteiger partial charge in [0.15, 0.2) is 0 Å². The highest BCUT2D eigenvalue weighted by atomic mass is 15.0. The molecule has 17 heavy (non-hydrogen) atoms. The Balaban J connectivity index is 2.35. The summed E-state index contributed by atoms with van der Waals surface area (Å²) in [6.07, 6.45) is 3.28. The molecule has 0 spiro atoms. The average Bonchev–Trinajstić information content (AvgIpc) is 2.36. The molecule has 0 saturated heterocycles. The fraction of sp³-hybridized carbons (Fsp3) is 0.308. The summed E-state index contributed by atoms with van der Waals surface area (Å²) in [5, 5.41) is 0. The van der Waals surface area contributed by atoms with Crippen molar-refractivity contribution in [3.63, 3.8) is 0 Å². The maximum absolute atomic E-state index is 5.88. The highest BCUT2D eigenvalue weighted by Crippen LogP contribution is 2.15. The molecule has 4 nitrogen and oxygen atoms in total. The van der Waals surface area contributed by atoms with Crippen LogP contribution in [0.3, 0.4) is 0 Å². The minimum absolute atomic E-state index is 0.572. The third kappa shape index (κ3) is 2.58. The van der Waals surface area contributed by atoms with Crippen molar-refractivity contribution in [2.75, 3.05) is 5.73 Å². The molecule has 0 atom stereocenters. The summed E-state index contributed by atoms with van der Waals surface area (Å²) in [4.78, 5) is 13.1. The predicted octanol–water partition coefficient (Wildman–Crippen LogP) is 1.92. The molecule has 0 aliphatic rings. The molecular formula is C13H16N4. The number of nitrogens with zero attached hydrogens (tertiary/aromatic N) is 3. The largest absolute Gasteiger partial charge is 0.383 e. The predicted molar refractivity (Wildman–Crippen MR) is 67.6 cm³/mol. The van der Waals surface area contributed by atoms with Gasteiger partial charge in [-0.05, 0) is 19.1 Å². The standard InChI is InChI=1S/C13H16N4/c1-3-12-16-11(9(2)13(14)17-12)8-10-6-4-5-7-15-10/h4-7H,3,8H2,1-2H3,(H2,14,16,17). The van der Waals surface area contributed by atoms with E-state index in [1.807, 2.05) is 32.0 Å². The van der Waals surface area contributed by atoms with Gasteiger partial charge in [-0.15, -0.1) is 0 Å². The third-order valence-electron chi connectivity index (χ3n) is 2.72. The van der Waals surface area contributed by atoms with Crippen LogP contribution in [-0.4, -0.2) is 15.0 Å². The minimum Gasteiger partial charge on any atom is -0.383 e. The van der Waals surface area contributed by atoms with E-state index >= 15 is 0 Å². The van der Waals surface area contributed by atoms with Crippen molar-refractivity contribution in [1.29, 1.82) is 0 Å². The van der Waals surface area contributed by atoms with Gasteiger partial charge in [0.1, 0.15) is 11.6 Å². The van der Waals surface area contributed by atoms with Gasteiger partial charge in [-0.25, -0.2) is 9.97 Å². The summed E-state index contributed by atoms with van der Waals surface area (Å²) in [7, 11) is 0. The number of aryl methyl sites for hydroxylation is 1. The number of anilines is 1. The molecule has 0 saturated carbocycles. The van der Waals surface area contributed by atoms with Gasteiger partial charge in [0.25, 0.3) is 0 Å². The van der Waals surface area contributed by atoms with E-state index < -0.39 is 0 Å². The lowest BCUT2D eigenvalue weighted by molar-refractivity contribution is 0.879.